The summed E-state index contributed by atoms with van der Waals surface area (Å²) >= 11 is 0. The maximum atomic E-state index is 13.3. The molecule has 20 heavy (non-hydrogen) atoms. The molecular formula is C13H16FN3O3. The van der Waals surface area contributed by atoms with E-state index in [4.69, 9.17) is 9.47 Å². The number of methoxy groups -OCH3 is 2. The van der Waals surface area contributed by atoms with Gasteiger partial charge in [-0.2, -0.15) is 0 Å². The second kappa shape index (κ2) is 5.98. The van der Waals surface area contributed by atoms with E-state index in [0.717, 1.165) is 0 Å². The second-order valence-corrected chi connectivity index (χ2v) is 4.23. The fourth-order valence-electron chi connectivity index (χ4n) is 1.93. The zero-order valence-corrected chi connectivity index (χ0v) is 11.5. The molecule has 108 valence electrons. The van der Waals surface area contributed by atoms with Gasteiger partial charge in [0.15, 0.2) is 6.29 Å². The van der Waals surface area contributed by atoms with Crippen molar-refractivity contribution in [3.8, 4) is 0 Å². The van der Waals surface area contributed by atoms with Crippen molar-refractivity contribution < 1.29 is 18.7 Å². The minimum atomic E-state index is -0.532. The minimum Gasteiger partial charge on any atom is -0.354 e. The van der Waals surface area contributed by atoms with Crippen LogP contribution in [-0.4, -0.2) is 42.3 Å². The van der Waals surface area contributed by atoms with Gasteiger partial charge in [0.2, 0.25) is 0 Å². The molecule has 0 bridgehead atoms. The molecule has 0 aromatic carbocycles. The zero-order valence-electron chi connectivity index (χ0n) is 11.5. The van der Waals surface area contributed by atoms with Crippen molar-refractivity contribution in [1.29, 1.82) is 0 Å². The van der Waals surface area contributed by atoms with Crippen LogP contribution in [0.5, 0.6) is 0 Å². The Hall–Kier alpha value is -1.99. The summed E-state index contributed by atoms with van der Waals surface area (Å²) in [6.45, 7) is 1.89. The highest BCUT2D eigenvalue weighted by molar-refractivity contribution is 5.94. The molecule has 0 aliphatic heterocycles. The monoisotopic (exact) mass is 281 g/mol. The van der Waals surface area contributed by atoms with E-state index >= 15 is 0 Å². The molecule has 2 aromatic heterocycles. The quantitative estimate of drug-likeness (QED) is 0.834. The van der Waals surface area contributed by atoms with E-state index in [1.807, 2.05) is 0 Å². The predicted molar refractivity (Wildman–Crippen MR) is 70.0 cm³/mol. The normalized spacial score (nSPS) is 11.2. The summed E-state index contributed by atoms with van der Waals surface area (Å²) < 4.78 is 24.7. The Morgan fingerprint density at radius 3 is 2.80 bits per heavy atom. The number of hydrogen-bond donors (Lipinski definition) is 1. The molecular weight excluding hydrogens is 265 g/mol. The van der Waals surface area contributed by atoms with E-state index in [1.165, 1.54) is 36.9 Å². The molecule has 0 radical (unpaired) electrons. The van der Waals surface area contributed by atoms with Gasteiger partial charge < -0.3 is 14.8 Å². The van der Waals surface area contributed by atoms with Gasteiger partial charge in [-0.05, 0) is 19.1 Å². The van der Waals surface area contributed by atoms with Crippen molar-refractivity contribution in [2.75, 3.05) is 20.8 Å². The molecule has 0 fully saturated rings. The van der Waals surface area contributed by atoms with Gasteiger partial charge in [-0.15, -0.1) is 0 Å². The van der Waals surface area contributed by atoms with E-state index in [9.17, 15) is 9.18 Å². The number of ether oxygens (including phenoxy) is 2. The number of hydrogen-bond acceptors (Lipinski definition) is 4. The standard InChI is InChI=1S/C13H16FN3O3/c1-8-12(13(18)15-6-11(19-2)20-3)17-7-9(14)4-5-10(17)16-8/h4-5,7,11H,6H2,1-3H3,(H,15,18). The summed E-state index contributed by atoms with van der Waals surface area (Å²) in [5, 5.41) is 2.67. The Morgan fingerprint density at radius 1 is 1.45 bits per heavy atom. The lowest BCUT2D eigenvalue weighted by Gasteiger charge is -2.14. The molecule has 0 aliphatic rings. The first-order valence-electron chi connectivity index (χ1n) is 6.04. The van der Waals surface area contributed by atoms with Crippen LogP contribution in [0.4, 0.5) is 4.39 Å². The second-order valence-electron chi connectivity index (χ2n) is 4.23. The van der Waals surface area contributed by atoms with Gasteiger partial charge in [-0.25, -0.2) is 9.37 Å². The highest BCUT2D eigenvalue weighted by Gasteiger charge is 2.18. The van der Waals surface area contributed by atoms with E-state index < -0.39 is 12.1 Å². The number of aromatic nitrogens is 2. The molecule has 0 unspecified atom stereocenters. The fraction of sp³-hybridized carbons (Fsp3) is 0.385. The van der Waals surface area contributed by atoms with Crippen LogP contribution < -0.4 is 5.32 Å². The third-order valence-electron chi connectivity index (χ3n) is 2.93. The Morgan fingerprint density at radius 2 is 2.15 bits per heavy atom. The molecule has 0 atom stereocenters. The number of rotatable bonds is 5. The van der Waals surface area contributed by atoms with Crippen molar-refractivity contribution in [3.63, 3.8) is 0 Å². The average Bonchev–Trinajstić information content (AvgIpc) is 2.75. The first-order chi connectivity index (χ1) is 9.56. The SMILES string of the molecule is COC(CNC(=O)c1c(C)nc2ccc(F)cn12)OC. The Labute approximate surface area is 115 Å². The third kappa shape index (κ3) is 2.78. The molecule has 2 aromatic rings. The van der Waals surface area contributed by atoms with Crippen LogP contribution in [-0.2, 0) is 9.47 Å². The van der Waals surface area contributed by atoms with Gasteiger partial charge >= 0.3 is 0 Å². The van der Waals surface area contributed by atoms with E-state index in [2.05, 4.69) is 10.3 Å². The molecule has 2 rings (SSSR count). The number of fused-ring (bicyclic) bond motifs is 1. The number of aryl methyl sites for hydroxylation is 1. The number of pyridine rings is 1. The maximum absolute atomic E-state index is 13.3. The molecule has 0 saturated heterocycles. The Kier molecular flexibility index (Phi) is 4.31. The minimum absolute atomic E-state index is 0.188. The number of nitrogens with zero attached hydrogens (tertiary/aromatic N) is 2. The summed E-state index contributed by atoms with van der Waals surface area (Å²) in [6, 6.07) is 2.82. The largest absolute Gasteiger partial charge is 0.354 e. The summed E-state index contributed by atoms with van der Waals surface area (Å²) in [7, 11) is 2.96. The highest BCUT2D eigenvalue weighted by atomic mass is 19.1. The van der Waals surface area contributed by atoms with Crippen molar-refractivity contribution in [3.05, 3.63) is 35.5 Å². The molecule has 1 amide bonds. The third-order valence-corrected chi connectivity index (χ3v) is 2.93. The number of carbonyl (C=O) groups excluding carboxylic acids is 1. The fourth-order valence-corrected chi connectivity index (χ4v) is 1.93. The first kappa shape index (κ1) is 14.4. The molecule has 0 aliphatic carbocycles. The average molecular weight is 281 g/mol. The van der Waals surface area contributed by atoms with Crippen LogP contribution in [0, 0.1) is 12.7 Å². The lowest BCUT2D eigenvalue weighted by molar-refractivity contribution is -0.0974. The van der Waals surface area contributed by atoms with Crippen LogP contribution in [0.2, 0.25) is 0 Å². The van der Waals surface area contributed by atoms with Crippen molar-refractivity contribution in [1.82, 2.24) is 14.7 Å². The molecule has 0 saturated carbocycles. The number of halogens is 1. The van der Waals surface area contributed by atoms with Crippen molar-refractivity contribution in [2.45, 2.75) is 13.2 Å². The van der Waals surface area contributed by atoms with Crippen molar-refractivity contribution >= 4 is 11.6 Å². The van der Waals surface area contributed by atoms with Crippen LogP contribution in [0.3, 0.4) is 0 Å². The van der Waals surface area contributed by atoms with Gasteiger partial charge in [-0.1, -0.05) is 0 Å². The summed E-state index contributed by atoms with van der Waals surface area (Å²) in [5.74, 6) is -0.796. The number of nitrogens with one attached hydrogen (secondary N) is 1. The summed E-state index contributed by atoms with van der Waals surface area (Å²) in [5.41, 5.74) is 1.34. The highest BCUT2D eigenvalue weighted by Crippen LogP contribution is 2.13. The molecule has 6 nitrogen and oxygen atoms in total. The van der Waals surface area contributed by atoms with Crippen LogP contribution in [0.15, 0.2) is 18.3 Å². The van der Waals surface area contributed by atoms with Crippen LogP contribution >= 0.6 is 0 Å². The van der Waals surface area contributed by atoms with E-state index in [-0.39, 0.29) is 12.5 Å². The molecule has 2 heterocycles. The Bertz CT molecular complexity index is 623. The summed E-state index contributed by atoms with van der Waals surface area (Å²) in [6.07, 6.45) is 0.698. The van der Waals surface area contributed by atoms with Crippen LogP contribution in [0.25, 0.3) is 5.65 Å². The zero-order chi connectivity index (χ0) is 14.7. The van der Waals surface area contributed by atoms with Gasteiger partial charge in [0.25, 0.3) is 5.91 Å². The van der Waals surface area contributed by atoms with Gasteiger partial charge in [0.1, 0.15) is 17.2 Å². The van der Waals surface area contributed by atoms with Crippen LogP contribution in [0.1, 0.15) is 16.2 Å². The number of amides is 1. The summed E-state index contributed by atoms with van der Waals surface area (Å²) in [4.78, 5) is 16.4. The number of imidazole rings is 1. The topological polar surface area (TPSA) is 64.9 Å². The molecule has 1 N–H and O–H groups in total. The van der Waals surface area contributed by atoms with Gasteiger partial charge in [-0.3, -0.25) is 9.20 Å². The lowest BCUT2D eigenvalue weighted by Crippen LogP contribution is -2.35. The maximum Gasteiger partial charge on any atom is 0.270 e. The van der Waals surface area contributed by atoms with Crippen molar-refractivity contribution in [2.24, 2.45) is 0 Å². The predicted octanol–water partition coefficient (Wildman–Crippen LogP) is 1.13. The first-order valence-corrected chi connectivity index (χ1v) is 6.04. The van der Waals surface area contributed by atoms with E-state index in [1.54, 1.807) is 6.92 Å². The molecule has 0 spiro atoms. The smallest absolute Gasteiger partial charge is 0.270 e. The molecule has 7 heteroatoms. The number of carbonyl (C=O) groups is 1. The van der Waals surface area contributed by atoms with Gasteiger partial charge in [0.05, 0.1) is 12.2 Å². The Balaban J connectivity index is 2.25. The van der Waals surface area contributed by atoms with Gasteiger partial charge in [0, 0.05) is 20.4 Å². The lowest BCUT2D eigenvalue weighted by atomic mass is 10.3. The van der Waals surface area contributed by atoms with E-state index in [0.29, 0.717) is 17.0 Å².